The van der Waals surface area contributed by atoms with Crippen LogP contribution >= 0.6 is 0 Å². The fourth-order valence-electron chi connectivity index (χ4n) is 1.90. The predicted molar refractivity (Wildman–Crippen MR) is 81.1 cm³/mol. The van der Waals surface area contributed by atoms with E-state index in [1.165, 1.54) is 0 Å². The van der Waals surface area contributed by atoms with E-state index >= 15 is 0 Å². The van der Waals surface area contributed by atoms with E-state index in [2.05, 4.69) is 15.1 Å². The van der Waals surface area contributed by atoms with Crippen LogP contribution < -0.4 is 10.5 Å². The molecular weight excluding hydrogens is 316 g/mol. The summed E-state index contributed by atoms with van der Waals surface area (Å²) < 4.78 is 21.2. The van der Waals surface area contributed by atoms with E-state index in [1.54, 1.807) is 18.2 Å². The van der Waals surface area contributed by atoms with Crippen molar-refractivity contribution >= 4 is 17.0 Å². The number of rotatable bonds is 7. The molecule has 0 atom stereocenters. The number of benzene rings is 1. The van der Waals surface area contributed by atoms with Gasteiger partial charge in [-0.25, -0.2) is 4.98 Å². The van der Waals surface area contributed by atoms with E-state index in [1.807, 2.05) is 13.8 Å². The van der Waals surface area contributed by atoms with Gasteiger partial charge in [0.15, 0.2) is 18.0 Å². The van der Waals surface area contributed by atoms with Crippen molar-refractivity contribution in [2.24, 2.45) is 5.73 Å². The average molecular weight is 332 g/mol. The fourth-order valence-corrected chi connectivity index (χ4v) is 1.90. The molecule has 24 heavy (non-hydrogen) atoms. The standard InChI is InChI=1S/C15H16N4O5/c1-8(2)21-6-12-18-13(24-19-12)7-22-9-3-4-11-10(5-9)17-15(23-11)14(16)20/h3-5,8H,6-7H2,1-2H3,(H2,16,20). The van der Waals surface area contributed by atoms with Gasteiger partial charge in [-0.2, -0.15) is 4.98 Å². The molecule has 0 saturated heterocycles. The molecule has 2 aromatic heterocycles. The van der Waals surface area contributed by atoms with E-state index in [4.69, 9.17) is 24.1 Å². The number of nitrogens with two attached hydrogens (primary N) is 1. The lowest BCUT2D eigenvalue weighted by atomic mass is 10.3. The molecule has 0 aliphatic heterocycles. The number of fused-ring (bicyclic) bond motifs is 1. The zero-order valence-corrected chi connectivity index (χ0v) is 13.2. The molecule has 1 aromatic carbocycles. The normalized spacial score (nSPS) is 11.3. The van der Waals surface area contributed by atoms with E-state index in [-0.39, 0.29) is 25.2 Å². The Morgan fingerprint density at radius 3 is 2.88 bits per heavy atom. The number of hydrogen-bond donors (Lipinski definition) is 1. The van der Waals surface area contributed by atoms with Gasteiger partial charge in [-0.1, -0.05) is 5.16 Å². The van der Waals surface area contributed by atoms with Crippen molar-refractivity contribution in [3.05, 3.63) is 35.8 Å². The summed E-state index contributed by atoms with van der Waals surface area (Å²) in [5.74, 6) is 0.435. The van der Waals surface area contributed by atoms with Gasteiger partial charge < -0.3 is 24.1 Å². The Bertz CT molecular complexity index is 855. The molecular formula is C15H16N4O5. The minimum atomic E-state index is -0.726. The first-order valence-corrected chi connectivity index (χ1v) is 7.27. The highest BCUT2D eigenvalue weighted by Crippen LogP contribution is 2.22. The molecule has 1 amide bonds. The maximum Gasteiger partial charge on any atom is 0.304 e. The Morgan fingerprint density at radius 2 is 2.12 bits per heavy atom. The summed E-state index contributed by atoms with van der Waals surface area (Å²) >= 11 is 0. The van der Waals surface area contributed by atoms with E-state index in [0.717, 1.165) is 0 Å². The summed E-state index contributed by atoms with van der Waals surface area (Å²) in [6, 6.07) is 4.95. The van der Waals surface area contributed by atoms with E-state index in [0.29, 0.717) is 28.6 Å². The molecule has 0 bridgehead atoms. The number of aromatic nitrogens is 3. The van der Waals surface area contributed by atoms with E-state index in [9.17, 15) is 4.79 Å². The van der Waals surface area contributed by atoms with E-state index < -0.39 is 5.91 Å². The van der Waals surface area contributed by atoms with Gasteiger partial charge in [-0.15, -0.1) is 0 Å². The number of primary amides is 1. The van der Waals surface area contributed by atoms with Gasteiger partial charge in [0, 0.05) is 6.07 Å². The van der Waals surface area contributed by atoms with Crippen molar-refractivity contribution in [1.82, 2.24) is 15.1 Å². The van der Waals surface area contributed by atoms with Crippen LogP contribution in [0.15, 0.2) is 27.1 Å². The maximum absolute atomic E-state index is 11.1. The van der Waals surface area contributed by atoms with Crippen LogP contribution in [0.5, 0.6) is 5.75 Å². The van der Waals surface area contributed by atoms with Gasteiger partial charge in [0.2, 0.25) is 0 Å². The zero-order chi connectivity index (χ0) is 17.1. The summed E-state index contributed by atoms with van der Waals surface area (Å²) in [5.41, 5.74) is 6.05. The summed E-state index contributed by atoms with van der Waals surface area (Å²) in [4.78, 5) is 19.2. The molecule has 3 aromatic rings. The van der Waals surface area contributed by atoms with Crippen LogP contribution in [0.25, 0.3) is 11.1 Å². The smallest absolute Gasteiger partial charge is 0.304 e. The number of amides is 1. The monoisotopic (exact) mass is 332 g/mol. The van der Waals surface area contributed by atoms with Gasteiger partial charge in [-0.05, 0) is 26.0 Å². The third-order valence-corrected chi connectivity index (χ3v) is 2.99. The quantitative estimate of drug-likeness (QED) is 0.694. The zero-order valence-electron chi connectivity index (χ0n) is 13.2. The number of carbonyl (C=O) groups excluding carboxylic acids is 1. The van der Waals surface area contributed by atoms with Crippen molar-refractivity contribution in [2.75, 3.05) is 0 Å². The summed E-state index contributed by atoms with van der Waals surface area (Å²) in [6.45, 7) is 4.23. The largest absolute Gasteiger partial charge is 0.484 e. The van der Waals surface area contributed by atoms with Crippen LogP contribution in [0.3, 0.4) is 0 Å². The molecule has 0 radical (unpaired) electrons. The second-order valence-electron chi connectivity index (χ2n) is 5.27. The Hall–Kier alpha value is -2.94. The van der Waals surface area contributed by atoms with Crippen LogP contribution in [0.4, 0.5) is 0 Å². The van der Waals surface area contributed by atoms with Crippen molar-refractivity contribution in [3.8, 4) is 5.75 Å². The van der Waals surface area contributed by atoms with Crippen LogP contribution in [-0.4, -0.2) is 27.1 Å². The summed E-state index contributed by atoms with van der Waals surface area (Å²) in [5, 5.41) is 3.80. The van der Waals surface area contributed by atoms with Crippen molar-refractivity contribution in [2.45, 2.75) is 33.2 Å². The minimum Gasteiger partial charge on any atom is -0.484 e. The van der Waals surface area contributed by atoms with Crippen molar-refractivity contribution in [1.29, 1.82) is 0 Å². The number of hydrogen-bond acceptors (Lipinski definition) is 8. The molecule has 0 fully saturated rings. The summed E-state index contributed by atoms with van der Waals surface area (Å²) in [6.07, 6.45) is 0.0858. The third-order valence-electron chi connectivity index (χ3n) is 2.99. The lowest BCUT2D eigenvalue weighted by Gasteiger charge is -2.03. The van der Waals surface area contributed by atoms with Crippen LogP contribution in [0.2, 0.25) is 0 Å². The molecule has 2 N–H and O–H groups in total. The molecule has 9 heteroatoms. The second-order valence-corrected chi connectivity index (χ2v) is 5.27. The number of ether oxygens (including phenoxy) is 2. The molecule has 0 aliphatic carbocycles. The van der Waals surface area contributed by atoms with Gasteiger partial charge in [-0.3, -0.25) is 4.79 Å². The maximum atomic E-state index is 11.1. The topological polar surface area (TPSA) is 126 Å². The molecule has 0 unspecified atom stereocenters. The van der Waals surface area contributed by atoms with Gasteiger partial charge in [0.05, 0.1) is 6.10 Å². The Labute approximate surface area is 136 Å². The molecule has 0 spiro atoms. The van der Waals surface area contributed by atoms with Crippen LogP contribution in [0, 0.1) is 0 Å². The lowest BCUT2D eigenvalue weighted by molar-refractivity contribution is 0.0601. The molecule has 0 saturated carbocycles. The SMILES string of the molecule is CC(C)OCc1noc(COc2ccc3oc(C(N)=O)nc3c2)n1. The second kappa shape index (κ2) is 6.67. The number of oxazole rings is 1. The first kappa shape index (κ1) is 15.9. The minimum absolute atomic E-state index is 0.0858. The Kier molecular flexibility index (Phi) is 4.43. The first-order chi connectivity index (χ1) is 11.5. The third kappa shape index (κ3) is 3.69. The fraction of sp³-hybridized carbons (Fsp3) is 0.333. The molecule has 3 rings (SSSR count). The Morgan fingerprint density at radius 1 is 1.29 bits per heavy atom. The average Bonchev–Trinajstić information content (AvgIpc) is 3.17. The molecule has 9 nitrogen and oxygen atoms in total. The number of carbonyl (C=O) groups is 1. The lowest BCUT2D eigenvalue weighted by Crippen LogP contribution is -2.10. The van der Waals surface area contributed by atoms with Gasteiger partial charge in [0.1, 0.15) is 17.9 Å². The highest BCUT2D eigenvalue weighted by molar-refractivity contribution is 5.91. The van der Waals surface area contributed by atoms with Crippen LogP contribution in [0.1, 0.15) is 36.2 Å². The highest BCUT2D eigenvalue weighted by atomic mass is 16.5. The Balaban J connectivity index is 1.64. The molecule has 126 valence electrons. The first-order valence-electron chi connectivity index (χ1n) is 7.27. The highest BCUT2D eigenvalue weighted by Gasteiger charge is 2.12. The van der Waals surface area contributed by atoms with Gasteiger partial charge in [0.25, 0.3) is 11.8 Å². The predicted octanol–water partition coefficient (Wildman–Crippen LogP) is 1.81. The van der Waals surface area contributed by atoms with Crippen molar-refractivity contribution in [3.63, 3.8) is 0 Å². The van der Waals surface area contributed by atoms with Crippen LogP contribution in [-0.2, 0) is 18.0 Å². The molecule has 0 aliphatic rings. The number of nitrogens with zero attached hydrogens (tertiary/aromatic N) is 3. The molecule has 2 heterocycles. The van der Waals surface area contributed by atoms with Gasteiger partial charge >= 0.3 is 5.91 Å². The van der Waals surface area contributed by atoms with Crippen molar-refractivity contribution < 1.29 is 23.2 Å². The summed E-state index contributed by atoms with van der Waals surface area (Å²) in [7, 11) is 0.